The Bertz CT molecular complexity index is 1460. The van der Waals surface area contributed by atoms with Crippen LogP contribution in [0.4, 0.5) is 22.4 Å². The third-order valence-electron chi connectivity index (χ3n) is 7.44. The van der Waals surface area contributed by atoms with Crippen molar-refractivity contribution >= 4 is 29.9 Å². The molecule has 3 aliphatic heterocycles. The number of hydrogen-bond donors (Lipinski definition) is 0. The molecule has 3 aliphatic rings. The van der Waals surface area contributed by atoms with E-state index >= 15 is 0 Å². The number of urea groups is 1. The number of carbonyl (C=O) groups is 4. The zero-order valence-corrected chi connectivity index (χ0v) is 20.8. The van der Waals surface area contributed by atoms with Gasteiger partial charge in [0, 0.05) is 26.2 Å². The van der Waals surface area contributed by atoms with Crippen molar-refractivity contribution in [2.75, 3.05) is 21.2 Å². The second kappa shape index (κ2) is 8.79. The number of imide groups is 2. The standard InChI is InChI=1S/C27H21F4N3O5/c1-32-23(36)26(24(37)33(2)25(32)38)19(15-8-10-16(28)11-9-15)18(22(35)39-3)21(27(29,30)31)34-13-12-14-6-4-5-7-17(14)20(26)34/h4-13,19-20H,1-3H3/t19-,20-/m0/s1. The maximum Gasteiger partial charge on any atom is 0.432 e. The first-order valence-corrected chi connectivity index (χ1v) is 11.7. The van der Waals surface area contributed by atoms with E-state index in [0.717, 1.165) is 51.7 Å². The molecule has 0 bridgehead atoms. The van der Waals surface area contributed by atoms with Gasteiger partial charge in [-0.3, -0.25) is 19.4 Å². The van der Waals surface area contributed by atoms with Crippen LogP contribution in [-0.2, 0) is 19.1 Å². The molecule has 4 amide bonds. The fourth-order valence-corrected chi connectivity index (χ4v) is 5.87. The lowest BCUT2D eigenvalue weighted by Crippen LogP contribution is -2.70. The van der Waals surface area contributed by atoms with Crippen LogP contribution in [0, 0.1) is 11.2 Å². The van der Waals surface area contributed by atoms with Crippen molar-refractivity contribution in [1.29, 1.82) is 0 Å². The molecule has 0 saturated carbocycles. The van der Waals surface area contributed by atoms with Crippen LogP contribution in [0.3, 0.4) is 0 Å². The molecule has 3 heterocycles. The molecule has 0 aromatic heterocycles. The Morgan fingerprint density at radius 1 is 0.949 bits per heavy atom. The maximum atomic E-state index is 14.9. The largest absolute Gasteiger partial charge is 0.466 e. The summed E-state index contributed by atoms with van der Waals surface area (Å²) in [5.74, 6) is -6.33. The fourth-order valence-electron chi connectivity index (χ4n) is 5.87. The number of fused-ring (bicyclic) bond motifs is 4. The lowest BCUT2D eigenvalue weighted by atomic mass is 9.57. The molecule has 1 saturated heterocycles. The van der Waals surface area contributed by atoms with Gasteiger partial charge in [-0.25, -0.2) is 14.0 Å². The number of alkyl halides is 3. The topological polar surface area (TPSA) is 87.2 Å². The summed E-state index contributed by atoms with van der Waals surface area (Å²) in [5, 5.41) is 0. The van der Waals surface area contributed by atoms with E-state index < -0.39 is 64.5 Å². The highest BCUT2D eigenvalue weighted by molar-refractivity contribution is 6.21. The number of benzene rings is 2. The van der Waals surface area contributed by atoms with Crippen LogP contribution in [0.15, 0.2) is 66.0 Å². The molecule has 1 fully saturated rings. The Kier molecular flexibility index (Phi) is 5.89. The highest BCUT2D eigenvalue weighted by Gasteiger charge is 2.71. The number of methoxy groups -OCH3 is 1. The number of barbiturate groups is 1. The van der Waals surface area contributed by atoms with Crippen molar-refractivity contribution in [3.8, 4) is 0 Å². The first-order valence-electron chi connectivity index (χ1n) is 11.7. The van der Waals surface area contributed by atoms with Gasteiger partial charge in [0.15, 0.2) is 5.41 Å². The lowest BCUT2D eigenvalue weighted by molar-refractivity contribution is -0.171. The van der Waals surface area contributed by atoms with Gasteiger partial charge in [0.1, 0.15) is 11.5 Å². The highest BCUT2D eigenvalue weighted by atomic mass is 19.4. The monoisotopic (exact) mass is 543 g/mol. The van der Waals surface area contributed by atoms with Crippen molar-refractivity contribution in [2.45, 2.75) is 18.1 Å². The SMILES string of the molecule is COC(=O)C1=C(C(F)(F)F)N2C=Cc3ccccc3[C@H]2C2(C(=O)N(C)C(=O)N(C)C2=O)[C@H]1c1ccc(F)cc1. The van der Waals surface area contributed by atoms with Crippen LogP contribution in [0.1, 0.15) is 28.7 Å². The van der Waals surface area contributed by atoms with E-state index in [9.17, 15) is 36.7 Å². The summed E-state index contributed by atoms with van der Waals surface area (Å²) in [6, 6.07) is 7.73. The van der Waals surface area contributed by atoms with Crippen LogP contribution >= 0.6 is 0 Å². The van der Waals surface area contributed by atoms with E-state index in [4.69, 9.17) is 4.74 Å². The van der Waals surface area contributed by atoms with Crippen LogP contribution in [0.2, 0.25) is 0 Å². The number of allylic oxidation sites excluding steroid dienone is 1. The van der Waals surface area contributed by atoms with Crippen LogP contribution < -0.4 is 0 Å². The second-order valence-corrected chi connectivity index (χ2v) is 9.37. The number of nitrogens with zero attached hydrogens (tertiary/aromatic N) is 3. The maximum absolute atomic E-state index is 14.9. The molecular weight excluding hydrogens is 522 g/mol. The molecule has 5 rings (SSSR count). The van der Waals surface area contributed by atoms with Gasteiger partial charge in [-0.15, -0.1) is 0 Å². The van der Waals surface area contributed by atoms with E-state index in [-0.39, 0.29) is 11.1 Å². The van der Waals surface area contributed by atoms with Gasteiger partial charge in [0.25, 0.3) is 0 Å². The molecule has 202 valence electrons. The average molecular weight is 543 g/mol. The van der Waals surface area contributed by atoms with Gasteiger partial charge in [-0.1, -0.05) is 36.4 Å². The number of halogens is 4. The van der Waals surface area contributed by atoms with E-state index in [1.54, 1.807) is 18.2 Å². The molecule has 2 atom stereocenters. The Morgan fingerprint density at radius 2 is 1.54 bits per heavy atom. The zero-order valence-electron chi connectivity index (χ0n) is 20.8. The highest BCUT2D eigenvalue weighted by Crippen LogP contribution is 2.63. The molecule has 2 aromatic carbocycles. The number of rotatable bonds is 2. The fraction of sp³-hybridized carbons (Fsp3) is 0.259. The minimum atomic E-state index is -5.16. The average Bonchev–Trinajstić information content (AvgIpc) is 2.92. The Balaban J connectivity index is 2.02. The van der Waals surface area contributed by atoms with Gasteiger partial charge in [0.2, 0.25) is 11.8 Å². The molecule has 8 nitrogen and oxygen atoms in total. The Hall–Kier alpha value is -4.48. The van der Waals surface area contributed by atoms with Crippen molar-refractivity contribution in [3.63, 3.8) is 0 Å². The Labute approximate surface area is 219 Å². The number of hydrogen-bond acceptors (Lipinski definition) is 6. The van der Waals surface area contributed by atoms with Gasteiger partial charge >= 0.3 is 18.2 Å². The first-order chi connectivity index (χ1) is 18.4. The summed E-state index contributed by atoms with van der Waals surface area (Å²) in [7, 11) is 3.08. The number of ether oxygens (including phenoxy) is 1. The summed E-state index contributed by atoms with van der Waals surface area (Å²) < 4.78 is 63.5. The van der Waals surface area contributed by atoms with Crippen molar-refractivity contribution in [1.82, 2.24) is 14.7 Å². The molecule has 0 aliphatic carbocycles. The summed E-state index contributed by atoms with van der Waals surface area (Å²) >= 11 is 0. The molecule has 1 spiro atoms. The van der Waals surface area contributed by atoms with Crippen molar-refractivity contribution < 1.29 is 41.5 Å². The molecular formula is C27H21F4N3O5. The van der Waals surface area contributed by atoms with Gasteiger partial charge < -0.3 is 9.64 Å². The minimum Gasteiger partial charge on any atom is -0.466 e. The molecule has 39 heavy (non-hydrogen) atoms. The van der Waals surface area contributed by atoms with E-state index in [2.05, 4.69) is 0 Å². The number of amides is 4. The molecule has 12 heteroatoms. The van der Waals surface area contributed by atoms with Crippen molar-refractivity contribution in [3.05, 3.63) is 88.5 Å². The normalized spacial score (nSPS) is 22.3. The third-order valence-corrected chi connectivity index (χ3v) is 7.44. The molecule has 2 aromatic rings. The van der Waals surface area contributed by atoms with E-state index in [1.165, 1.54) is 12.1 Å². The molecule has 0 unspecified atom stereocenters. The smallest absolute Gasteiger partial charge is 0.432 e. The summed E-state index contributed by atoms with van der Waals surface area (Å²) in [5.41, 5.74) is -4.46. The lowest BCUT2D eigenvalue weighted by Gasteiger charge is -2.56. The minimum absolute atomic E-state index is 0.122. The van der Waals surface area contributed by atoms with Crippen LogP contribution in [0.25, 0.3) is 6.08 Å². The predicted octanol–water partition coefficient (Wildman–Crippen LogP) is 3.98. The van der Waals surface area contributed by atoms with Crippen molar-refractivity contribution in [2.24, 2.45) is 5.41 Å². The first kappa shape index (κ1) is 26.1. The predicted molar refractivity (Wildman–Crippen MR) is 128 cm³/mol. The quantitative estimate of drug-likeness (QED) is 0.324. The number of esters is 1. The van der Waals surface area contributed by atoms with Gasteiger partial charge in [0.05, 0.1) is 18.7 Å². The van der Waals surface area contributed by atoms with Crippen LogP contribution in [-0.4, -0.2) is 65.9 Å². The van der Waals surface area contributed by atoms with E-state index in [1.807, 2.05) is 0 Å². The Morgan fingerprint density at radius 3 is 2.10 bits per heavy atom. The van der Waals surface area contributed by atoms with Crippen LogP contribution in [0.5, 0.6) is 0 Å². The van der Waals surface area contributed by atoms with E-state index in [0.29, 0.717) is 20.3 Å². The third kappa shape index (κ3) is 3.50. The molecule has 0 radical (unpaired) electrons. The second-order valence-electron chi connectivity index (χ2n) is 9.37. The summed E-state index contributed by atoms with van der Waals surface area (Å²) in [4.78, 5) is 56.6. The van der Waals surface area contributed by atoms with Gasteiger partial charge in [-0.05, 0) is 34.9 Å². The van der Waals surface area contributed by atoms with Gasteiger partial charge in [-0.2, -0.15) is 13.2 Å². The number of carbonyl (C=O) groups excluding carboxylic acids is 4. The zero-order chi connectivity index (χ0) is 28.4. The molecule has 0 N–H and O–H groups in total. The summed E-state index contributed by atoms with van der Waals surface area (Å²) in [6.07, 6.45) is -2.74. The summed E-state index contributed by atoms with van der Waals surface area (Å²) in [6.45, 7) is 0.